The minimum absolute atomic E-state index is 0.161. The van der Waals surface area contributed by atoms with Crippen molar-refractivity contribution in [3.05, 3.63) is 24.3 Å². The molecule has 2 heterocycles. The van der Waals surface area contributed by atoms with Crippen LogP contribution in [0.5, 0.6) is 0 Å². The third-order valence-corrected chi connectivity index (χ3v) is 8.74. The maximum absolute atomic E-state index is 13.2. The number of carbonyl (C=O) groups is 4. The van der Waals surface area contributed by atoms with Crippen molar-refractivity contribution in [2.75, 3.05) is 9.80 Å². The van der Waals surface area contributed by atoms with Gasteiger partial charge in [0.25, 0.3) is 11.8 Å². The summed E-state index contributed by atoms with van der Waals surface area (Å²) in [5.74, 6) is -0.881. The third-order valence-electron chi connectivity index (χ3n) is 8.74. The van der Waals surface area contributed by atoms with Gasteiger partial charge in [-0.3, -0.25) is 19.2 Å². The monoisotopic (exact) mass is 522 g/mol. The first kappa shape index (κ1) is 27.0. The highest BCUT2D eigenvalue weighted by Gasteiger charge is 2.42. The molecular formula is C30H42N4O4. The molecule has 2 aliphatic carbocycles. The van der Waals surface area contributed by atoms with E-state index in [0.29, 0.717) is 11.4 Å². The van der Waals surface area contributed by atoms with Gasteiger partial charge in [0.05, 0.1) is 36.3 Å². The number of hydrogen-bond donors (Lipinski definition) is 2. The molecule has 0 aromatic heterocycles. The molecule has 2 aliphatic heterocycles. The summed E-state index contributed by atoms with van der Waals surface area (Å²) >= 11 is 0. The van der Waals surface area contributed by atoms with Crippen LogP contribution in [0, 0.1) is 0 Å². The molecule has 0 bridgehead atoms. The highest BCUT2D eigenvalue weighted by Crippen LogP contribution is 2.30. The topological polar surface area (TPSA) is 98.8 Å². The van der Waals surface area contributed by atoms with Crippen molar-refractivity contribution in [2.45, 2.75) is 127 Å². The van der Waals surface area contributed by atoms with Crippen molar-refractivity contribution < 1.29 is 19.2 Å². The molecule has 8 heteroatoms. The van der Waals surface area contributed by atoms with Crippen molar-refractivity contribution in [3.8, 4) is 0 Å². The molecule has 4 aliphatic rings. The van der Waals surface area contributed by atoms with Crippen LogP contribution in [0.4, 0.5) is 11.4 Å². The van der Waals surface area contributed by atoms with Crippen LogP contribution in [-0.2, 0) is 19.2 Å². The minimum Gasteiger partial charge on any atom is -0.303 e. The van der Waals surface area contributed by atoms with Crippen molar-refractivity contribution in [3.63, 3.8) is 0 Å². The first-order valence-electron chi connectivity index (χ1n) is 14.9. The van der Waals surface area contributed by atoms with E-state index in [9.17, 15) is 19.2 Å². The predicted octanol–water partition coefficient (Wildman–Crippen LogP) is 4.36. The highest BCUT2D eigenvalue weighted by molar-refractivity contribution is 6.24. The first-order chi connectivity index (χ1) is 18.5. The fourth-order valence-corrected chi connectivity index (χ4v) is 6.63. The molecule has 2 atom stereocenters. The lowest BCUT2D eigenvalue weighted by Crippen LogP contribution is -2.44. The number of amides is 4. The normalized spacial score (nSPS) is 26.9. The summed E-state index contributed by atoms with van der Waals surface area (Å²) in [7, 11) is 0. The molecule has 0 radical (unpaired) electrons. The zero-order chi connectivity index (χ0) is 26.5. The summed E-state index contributed by atoms with van der Waals surface area (Å²) in [6, 6.07) is 6.23. The largest absolute Gasteiger partial charge is 0.303 e. The number of imide groups is 2. The van der Waals surface area contributed by atoms with E-state index in [1.165, 1.54) is 48.3 Å². The van der Waals surface area contributed by atoms with E-state index >= 15 is 0 Å². The van der Waals surface area contributed by atoms with Crippen molar-refractivity contribution in [2.24, 2.45) is 0 Å². The Morgan fingerprint density at radius 2 is 0.816 bits per heavy atom. The van der Waals surface area contributed by atoms with E-state index in [4.69, 9.17) is 0 Å². The molecule has 4 amide bonds. The number of carbonyl (C=O) groups excluding carboxylic acids is 4. The van der Waals surface area contributed by atoms with Gasteiger partial charge in [-0.25, -0.2) is 9.80 Å². The van der Waals surface area contributed by atoms with E-state index in [1.54, 1.807) is 24.3 Å². The number of nitrogens with zero attached hydrogens (tertiary/aromatic N) is 2. The Bertz CT molecular complexity index is 929. The molecule has 0 spiro atoms. The van der Waals surface area contributed by atoms with Crippen LogP contribution < -0.4 is 20.4 Å². The van der Waals surface area contributed by atoms with Gasteiger partial charge in [0.1, 0.15) is 0 Å². The van der Waals surface area contributed by atoms with Crippen LogP contribution in [0.2, 0.25) is 0 Å². The van der Waals surface area contributed by atoms with E-state index in [2.05, 4.69) is 10.6 Å². The molecule has 4 fully saturated rings. The van der Waals surface area contributed by atoms with E-state index in [0.717, 1.165) is 51.4 Å². The molecule has 206 valence electrons. The lowest BCUT2D eigenvalue weighted by molar-refractivity contribution is -0.123. The maximum Gasteiger partial charge on any atom is 0.251 e. The molecule has 2 N–H and O–H groups in total. The van der Waals surface area contributed by atoms with Gasteiger partial charge >= 0.3 is 0 Å². The summed E-state index contributed by atoms with van der Waals surface area (Å²) in [5.41, 5.74) is 0.961. The van der Waals surface area contributed by atoms with E-state index < -0.39 is 12.1 Å². The first-order valence-corrected chi connectivity index (χ1v) is 14.9. The Morgan fingerprint density at radius 3 is 1.16 bits per heavy atom. The van der Waals surface area contributed by atoms with Crippen LogP contribution in [0.15, 0.2) is 24.3 Å². The van der Waals surface area contributed by atoms with Gasteiger partial charge < -0.3 is 10.6 Å². The molecule has 1 aromatic rings. The van der Waals surface area contributed by atoms with Gasteiger partial charge in [-0.2, -0.15) is 0 Å². The SMILES string of the molecule is O=C1C[C@@H](NC2CCCCCCC2)C(=O)N1c1ccc(N2C(=O)C[C@@H](NC3CCCCCCC3)C2=O)cc1. The second kappa shape index (κ2) is 12.5. The van der Waals surface area contributed by atoms with Crippen molar-refractivity contribution in [1.82, 2.24) is 10.6 Å². The predicted molar refractivity (Wildman–Crippen MR) is 147 cm³/mol. The Hall–Kier alpha value is -2.58. The average Bonchev–Trinajstić information content (AvgIpc) is 3.30. The summed E-state index contributed by atoms with van der Waals surface area (Å²) in [4.78, 5) is 54.5. The van der Waals surface area contributed by atoms with E-state index in [1.807, 2.05) is 0 Å². The van der Waals surface area contributed by atoms with Crippen molar-refractivity contribution >= 4 is 35.0 Å². The lowest BCUT2D eigenvalue weighted by Gasteiger charge is -2.24. The van der Waals surface area contributed by atoms with Gasteiger partial charge in [0, 0.05) is 12.1 Å². The number of nitrogens with one attached hydrogen (secondary N) is 2. The second-order valence-electron chi connectivity index (χ2n) is 11.6. The fraction of sp³-hybridized carbons (Fsp3) is 0.667. The standard InChI is InChI=1S/C30H42N4O4/c35-27-19-25(31-21-11-7-3-1-4-8-12-21)29(37)33(27)23-15-17-24(18-16-23)34-28(36)20-26(30(34)38)32-22-13-9-5-2-6-10-14-22/h15-18,21-22,25-26,31-32H,1-14,19-20H2/t25-,26-/m1/s1. The summed E-state index contributed by atoms with van der Waals surface area (Å²) in [6.07, 6.45) is 16.6. The maximum atomic E-state index is 13.2. The summed E-state index contributed by atoms with van der Waals surface area (Å²) < 4.78 is 0. The average molecular weight is 523 g/mol. The van der Waals surface area contributed by atoms with Crippen LogP contribution in [0.3, 0.4) is 0 Å². The van der Waals surface area contributed by atoms with Gasteiger partial charge in [-0.15, -0.1) is 0 Å². The number of rotatable bonds is 6. The van der Waals surface area contributed by atoms with Crippen LogP contribution >= 0.6 is 0 Å². The van der Waals surface area contributed by atoms with Gasteiger partial charge in [-0.05, 0) is 49.9 Å². The third kappa shape index (κ3) is 6.18. The lowest BCUT2D eigenvalue weighted by atomic mass is 9.96. The highest BCUT2D eigenvalue weighted by atomic mass is 16.2. The van der Waals surface area contributed by atoms with Crippen molar-refractivity contribution in [1.29, 1.82) is 0 Å². The minimum atomic E-state index is -0.492. The summed E-state index contributed by atoms with van der Waals surface area (Å²) in [6.45, 7) is 0. The zero-order valence-electron chi connectivity index (χ0n) is 22.5. The van der Waals surface area contributed by atoms with Crippen LogP contribution in [-0.4, -0.2) is 47.8 Å². The molecule has 8 nitrogen and oxygen atoms in total. The molecular weight excluding hydrogens is 480 g/mol. The van der Waals surface area contributed by atoms with Gasteiger partial charge in [-0.1, -0.05) is 64.2 Å². The van der Waals surface area contributed by atoms with Gasteiger partial charge in [0.15, 0.2) is 0 Å². The zero-order valence-corrected chi connectivity index (χ0v) is 22.5. The Morgan fingerprint density at radius 1 is 0.500 bits per heavy atom. The second-order valence-corrected chi connectivity index (χ2v) is 11.6. The fourth-order valence-electron chi connectivity index (χ4n) is 6.63. The molecule has 0 unspecified atom stereocenters. The Labute approximate surface area is 225 Å². The molecule has 5 rings (SSSR count). The van der Waals surface area contributed by atoms with Crippen LogP contribution in [0.25, 0.3) is 0 Å². The Balaban J connectivity index is 1.21. The molecule has 2 saturated heterocycles. The quantitative estimate of drug-likeness (QED) is 0.539. The summed E-state index contributed by atoms with van der Waals surface area (Å²) in [5, 5.41) is 6.92. The number of hydrogen-bond acceptors (Lipinski definition) is 6. The van der Waals surface area contributed by atoms with Crippen LogP contribution in [0.1, 0.15) is 103 Å². The van der Waals surface area contributed by atoms with E-state index in [-0.39, 0.29) is 48.6 Å². The molecule has 38 heavy (non-hydrogen) atoms. The Kier molecular flexibility index (Phi) is 8.89. The number of benzene rings is 1. The molecule has 1 aromatic carbocycles. The molecule has 2 saturated carbocycles. The smallest absolute Gasteiger partial charge is 0.251 e. The number of anilines is 2. The van der Waals surface area contributed by atoms with Gasteiger partial charge in [0.2, 0.25) is 11.8 Å².